The largest absolute Gasteiger partial charge is 0.464 e. The Hall–Kier alpha value is -5.86. The highest BCUT2D eigenvalue weighted by Crippen LogP contribution is 2.47. The summed E-state index contributed by atoms with van der Waals surface area (Å²) in [5, 5.41) is 13.3. The predicted molar refractivity (Wildman–Crippen MR) is 184 cm³/mol. The summed E-state index contributed by atoms with van der Waals surface area (Å²) in [6.45, 7) is 0. The van der Waals surface area contributed by atoms with E-state index >= 15 is 0 Å². The van der Waals surface area contributed by atoms with Crippen LogP contribution in [0.5, 0.6) is 0 Å². The Bertz CT molecular complexity index is 2720. The monoisotopic (exact) mass is 560 g/mol. The average molecular weight is 561 g/mol. The molecule has 204 valence electrons. The van der Waals surface area contributed by atoms with Crippen molar-refractivity contribution < 1.29 is 8.83 Å². The SMILES string of the molecule is c1ccc2c(c1)cc(-c1c3ccccc3c(-c3ccc4c(c3)oc3cc5occc5cc34)c3ccccc13)c1ccccc12. The highest BCUT2D eigenvalue weighted by atomic mass is 16.3. The summed E-state index contributed by atoms with van der Waals surface area (Å²) < 4.78 is 12.1. The molecule has 44 heavy (non-hydrogen) atoms. The van der Waals surface area contributed by atoms with Crippen molar-refractivity contribution in [1.82, 2.24) is 0 Å². The van der Waals surface area contributed by atoms with Crippen molar-refractivity contribution in [1.29, 1.82) is 0 Å². The van der Waals surface area contributed by atoms with Crippen LogP contribution >= 0.6 is 0 Å². The van der Waals surface area contributed by atoms with Gasteiger partial charge in [0.05, 0.1) is 6.26 Å². The number of rotatable bonds is 2. The van der Waals surface area contributed by atoms with Crippen LogP contribution < -0.4 is 0 Å². The Labute approximate surface area is 252 Å². The van der Waals surface area contributed by atoms with Crippen molar-refractivity contribution in [2.45, 2.75) is 0 Å². The molecule has 0 N–H and O–H groups in total. The van der Waals surface area contributed by atoms with Gasteiger partial charge in [0.15, 0.2) is 0 Å². The van der Waals surface area contributed by atoms with Crippen LogP contribution in [0.3, 0.4) is 0 Å². The van der Waals surface area contributed by atoms with E-state index in [0.29, 0.717) is 0 Å². The molecule has 2 nitrogen and oxygen atoms in total. The molecule has 10 rings (SSSR count). The quantitative estimate of drug-likeness (QED) is 0.155. The Balaban J connectivity index is 1.31. The van der Waals surface area contributed by atoms with Crippen LogP contribution in [0.2, 0.25) is 0 Å². The van der Waals surface area contributed by atoms with E-state index in [1.807, 2.05) is 12.1 Å². The van der Waals surface area contributed by atoms with Gasteiger partial charge in [-0.15, -0.1) is 0 Å². The van der Waals surface area contributed by atoms with Gasteiger partial charge in [-0.3, -0.25) is 0 Å². The van der Waals surface area contributed by atoms with Crippen LogP contribution in [0.25, 0.3) is 98.3 Å². The molecule has 10 aromatic rings. The first-order chi connectivity index (χ1) is 21.8. The number of hydrogen-bond donors (Lipinski definition) is 0. The van der Waals surface area contributed by atoms with Gasteiger partial charge in [0.25, 0.3) is 0 Å². The minimum absolute atomic E-state index is 0.838. The lowest BCUT2D eigenvalue weighted by Crippen LogP contribution is -1.92. The van der Waals surface area contributed by atoms with Gasteiger partial charge in [0, 0.05) is 22.2 Å². The summed E-state index contributed by atoms with van der Waals surface area (Å²) >= 11 is 0. The van der Waals surface area contributed by atoms with Crippen molar-refractivity contribution in [3.05, 3.63) is 146 Å². The third-order valence-corrected chi connectivity index (χ3v) is 9.30. The molecule has 0 saturated carbocycles. The molecule has 0 aliphatic heterocycles. The molecule has 2 aromatic heterocycles. The van der Waals surface area contributed by atoms with E-state index in [2.05, 4.69) is 127 Å². The minimum atomic E-state index is 0.838. The molecular formula is C42H24O2. The van der Waals surface area contributed by atoms with E-state index in [1.54, 1.807) is 6.26 Å². The molecule has 0 aliphatic carbocycles. The maximum atomic E-state index is 6.44. The standard InChI is InChI=1S/C42H24O2/c1-2-10-28-25(9-1)21-37(30-12-4-3-11-29(28)30)42-34-15-7-5-13-32(34)41(33-14-6-8-16-35(33)42)27-17-18-31-36-22-26-19-20-43-38(26)24-40(36)44-39(31)23-27/h1-24H. The highest BCUT2D eigenvalue weighted by molar-refractivity contribution is 6.26. The van der Waals surface area contributed by atoms with Crippen molar-refractivity contribution in [3.8, 4) is 22.3 Å². The van der Waals surface area contributed by atoms with E-state index in [1.165, 1.54) is 59.8 Å². The summed E-state index contributed by atoms with van der Waals surface area (Å²) in [7, 11) is 0. The van der Waals surface area contributed by atoms with Crippen LogP contribution in [0.1, 0.15) is 0 Å². The van der Waals surface area contributed by atoms with Crippen molar-refractivity contribution in [3.63, 3.8) is 0 Å². The summed E-state index contributed by atoms with van der Waals surface area (Å²) in [4.78, 5) is 0. The molecule has 0 fully saturated rings. The zero-order valence-electron chi connectivity index (χ0n) is 23.7. The van der Waals surface area contributed by atoms with Gasteiger partial charge in [-0.2, -0.15) is 0 Å². The molecule has 8 aromatic carbocycles. The lowest BCUT2D eigenvalue weighted by atomic mass is 9.84. The lowest BCUT2D eigenvalue weighted by Gasteiger charge is -2.19. The van der Waals surface area contributed by atoms with E-state index in [-0.39, 0.29) is 0 Å². The summed E-state index contributed by atoms with van der Waals surface area (Å²) in [5.41, 5.74) is 7.45. The molecule has 0 radical (unpaired) electrons. The van der Waals surface area contributed by atoms with Crippen LogP contribution in [0, 0.1) is 0 Å². The maximum Gasteiger partial charge on any atom is 0.139 e. The minimum Gasteiger partial charge on any atom is -0.464 e. The fourth-order valence-electron chi connectivity index (χ4n) is 7.38. The number of hydrogen-bond acceptors (Lipinski definition) is 2. The van der Waals surface area contributed by atoms with Gasteiger partial charge in [0.1, 0.15) is 16.7 Å². The maximum absolute atomic E-state index is 6.44. The predicted octanol–water partition coefficient (Wildman–Crippen LogP) is 12.3. The summed E-state index contributed by atoms with van der Waals surface area (Å²) in [6, 6.07) is 50.4. The van der Waals surface area contributed by atoms with Crippen LogP contribution in [-0.4, -0.2) is 0 Å². The molecule has 0 bridgehead atoms. The topological polar surface area (TPSA) is 26.3 Å². The van der Waals surface area contributed by atoms with E-state index in [4.69, 9.17) is 8.83 Å². The van der Waals surface area contributed by atoms with E-state index in [0.717, 1.165) is 38.5 Å². The van der Waals surface area contributed by atoms with E-state index < -0.39 is 0 Å². The second kappa shape index (κ2) is 8.82. The molecule has 0 saturated heterocycles. The second-order valence-corrected chi connectivity index (χ2v) is 11.7. The van der Waals surface area contributed by atoms with Gasteiger partial charge in [0.2, 0.25) is 0 Å². The fourth-order valence-corrected chi connectivity index (χ4v) is 7.38. The van der Waals surface area contributed by atoms with Crippen molar-refractivity contribution in [2.24, 2.45) is 0 Å². The molecule has 2 heterocycles. The van der Waals surface area contributed by atoms with Crippen LogP contribution in [-0.2, 0) is 0 Å². The summed E-state index contributed by atoms with van der Waals surface area (Å²) in [6.07, 6.45) is 1.73. The van der Waals surface area contributed by atoms with Gasteiger partial charge < -0.3 is 8.83 Å². The van der Waals surface area contributed by atoms with Crippen LogP contribution in [0.4, 0.5) is 0 Å². The highest BCUT2D eigenvalue weighted by Gasteiger charge is 2.20. The molecule has 2 heteroatoms. The van der Waals surface area contributed by atoms with Gasteiger partial charge in [-0.25, -0.2) is 0 Å². The molecule has 0 amide bonds. The van der Waals surface area contributed by atoms with Gasteiger partial charge in [-0.05, 0) is 95.7 Å². The fraction of sp³-hybridized carbons (Fsp3) is 0. The molecule has 0 spiro atoms. The number of furan rings is 2. The molecule has 0 atom stereocenters. The number of fused-ring (bicyclic) bond motifs is 9. The lowest BCUT2D eigenvalue weighted by molar-refractivity contribution is 0.613. The zero-order chi connectivity index (χ0) is 28.8. The second-order valence-electron chi connectivity index (χ2n) is 11.7. The Morgan fingerprint density at radius 3 is 1.70 bits per heavy atom. The van der Waals surface area contributed by atoms with Crippen molar-refractivity contribution in [2.75, 3.05) is 0 Å². The van der Waals surface area contributed by atoms with Crippen molar-refractivity contribution >= 4 is 76.0 Å². The average Bonchev–Trinajstić information content (AvgIpc) is 3.69. The Morgan fingerprint density at radius 1 is 0.341 bits per heavy atom. The first-order valence-corrected chi connectivity index (χ1v) is 15.0. The zero-order valence-corrected chi connectivity index (χ0v) is 23.7. The van der Waals surface area contributed by atoms with E-state index in [9.17, 15) is 0 Å². The normalized spacial score (nSPS) is 12.1. The number of benzene rings is 8. The first-order valence-electron chi connectivity index (χ1n) is 15.0. The Kier molecular flexibility index (Phi) is 4.75. The Morgan fingerprint density at radius 2 is 0.955 bits per heavy atom. The smallest absolute Gasteiger partial charge is 0.139 e. The first kappa shape index (κ1) is 23.7. The molecule has 0 unspecified atom stereocenters. The van der Waals surface area contributed by atoms with Crippen LogP contribution in [0.15, 0.2) is 155 Å². The summed E-state index contributed by atoms with van der Waals surface area (Å²) in [5.74, 6) is 0. The molecule has 0 aliphatic rings. The molecular weight excluding hydrogens is 536 g/mol. The third kappa shape index (κ3) is 3.25. The van der Waals surface area contributed by atoms with Gasteiger partial charge in [-0.1, -0.05) is 103 Å². The third-order valence-electron chi connectivity index (χ3n) is 9.30. The van der Waals surface area contributed by atoms with Gasteiger partial charge >= 0.3 is 0 Å².